The Kier molecular flexibility index (Phi) is 6.58. The molecule has 0 aliphatic heterocycles. The highest BCUT2D eigenvalue weighted by atomic mass is 32.2. The van der Waals surface area contributed by atoms with Gasteiger partial charge in [-0.05, 0) is 6.26 Å². The molecule has 2 N–H and O–H groups in total. The van der Waals surface area contributed by atoms with Gasteiger partial charge in [0, 0.05) is 12.7 Å². The topological polar surface area (TPSA) is 82.0 Å². The molecule has 0 bridgehead atoms. The first kappa shape index (κ1) is 12.8. The highest BCUT2D eigenvalue weighted by Gasteiger charge is 2.17. The SMILES string of the molecule is CSCC(NC(C)=O)C(=O)NCC#N. The molecule has 6 heteroatoms. The van der Waals surface area contributed by atoms with Crippen molar-refractivity contribution >= 4 is 23.6 Å². The molecule has 2 amide bonds. The molecule has 14 heavy (non-hydrogen) atoms. The van der Waals surface area contributed by atoms with E-state index in [1.165, 1.54) is 18.7 Å². The highest BCUT2D eigenvalue weighted by molar-refractivity contribution is 7.98. The van der Waals surface area contributed by atoms with Gasteiger partial charge in [-0.1, -0.05) is 0 Å². The van der Waals surface area contributed by atoms with Crippen LogP contribution in [0.5, 0.6) is 0 Å². The number of hydrogen-bond acceptors (Lipinski definition) is 4. The lowest BCUT2D eigenvalue weighted by molar-refractivity contribution is -0.127. The predicted molar refractivity (Wildman–Crippen MR) is 54.6 cm³/mol. The molecule has 5 nitrogen and oxygen atoms in total. The van der Waals surface area contributed by atoms with Crippen LogP contribution in [0.3, 0.4) is 0 Å². The van der Waals surface area contributed by atoms with Crippen molar-refractivity contribution in [2.45, 2.75) is 13.0 Å². The van der Waals surface area contributed by atoms with E-state index in [1.807, 2.05) is 6.26 Å². The molecular formula is C8H13N3O2S. The molecular weight excluding hydrogens is 202 g/mol. The predicted octanol–water partition coefficient (Wildman–Crippen LogP) is -0.506. The Bertz CT molecular complexity index is 249. The van der Waals surface area contributed by atoms with Crippen LogP contribution in [0.15, 0.2) is 0 Å². The van der Waals surface area contributed by atoms with Gasteiger partial charge in [0.1, 0.15) is 12.6 Å². The summed E-state index contributed by atoms with van der Waals surface area (Å²) in [7, 11) is 0. The maximum absolute atomic E-state index is 11.3. The second kappa shape index (κ2) is 7.21. The summed E-state index contributed by atoms with van der Waals surface area (Å²) >= 11 is 1.46. The monoisotopic (exact) mass is 215 g/mol. The molecule has 1 unspecified atom stereocenters. The highest BCUT2D eigenvalue weighted by Crippen LogP contribution is 1.97. The minimum absolute atomic E-state index is 0.0384. The summed E-state index contributed by atoms with van der Waals surface area (Å²) < 4.78 is 0. The molecule has 0 aliphatic carbocycles. The van der Waals surface area contributed by atoms with Crippen molar-refractivity contribution < 1.29 is 9.59 Å². The fourth-order valence-corrected chi connectivity index (χ4v) is 1.41. The van der Waals surface area contributed by atoms with Gasteiger partial charge >= 0.3 is 0 Å². The van der Waals surface area contributed by atoms with Gasteiger partial charge in [0.25, 0.3) is 0 Å². The lowest BCUT2D eigenvalue weighted by atomic mass is 10.3. The van der Waals surface area contributed by atoms with E-state index in [4.69, 9.17) is 5.26 Å². The number of thioether (sulfide) groups is 1. The molecule has 0 aromatic heterocycles. The lowest BCUT2D eigenvalue weighted by Gasteiger charge is -2.15. The Morgan fingerprint density at radius 1 is 1.57 bits per heavy atom. The molecule has 0 radical (unpaired) electrons. The summed E-state index contributed by atoms with van der Waals surface area (Å²) in [4.78, 5) is 22.1. The molecule has 0 aromatic carbocycles. The third kappa shape index (κ3) is 5.43. The van der Waals surface area contributed by atoms with Crippen LogP contribution in [-0.2, 0) is 9.59 Å². The van der Waals surface area contributed by atoms with Crippen molar-refractivity contribution in [3.63, 3.8) is 0 Å². The minimum atomic E-state index is -0.559. The third-order valence-electron chi connectivity index (χ3n) is 1.37. The molecule has 0 saturated heterocycles. The number of amides is 2. The second-order valence-corrected chi connectivity index (χ2v) is 3.50. The number of carbonyl (C=O) groups is 2. The Balaban J connectivity index is 4.11. The summed E-state index contributed by atoms with van der Waals surface area (Å²) in [6.45, 7) is 1.31. The fourth-order valence-electron chi connectivity index (χ4n) is 0.845. The van der Waals surface area contributed by atoms with E-state index in [9.17, 15) is 9.59 Å². The number of nitriles is 1. The first-order valence-corrected chi connectivity index (χ1v) is 5.42. The summed E-state index contributed by atoms with van der Waals surface area (Å²) in [5.41, 5.74) is 0. The van der Waals surface area contributed by atoms with Crippen LogP contribution in [0.4, 0.5) is 0 Å². The van der Waals surface area contributed by atoms with Gasteiger partial charge in [0.15, 0.2) is 0 Å². The number of carbonyl (C=O) groups excluding carboxylic acids is 2. The Morgan fingerprint density at radius 3 is 2.64 bits per heavy atom. The molecule has 0 aliphatic rings. The third-order valence-corrected chi connectivity index (χ3v) is 2.04. The maximum Gasteiger partial charge on any atom is 0.244 e. The quantitative estimate of drug-likeness (QED) is 0.605. The Morgan fingerprint density at radius 2 is 2.21 bits per heavy atom. The zero-order chi connectivity index (χ0) is 11.0. The normalized spacial score (nSPS) is 11.2. The van der Waals surface area contributed by atoms with E-state index in [-0.39, 0.29) is 18.4 Å². The zero-order valence-electron chi connectivity index (χ0n) is 8.16. The van der Waals surface area contributed by atoms with Crippen molar-refractivity contribution in [1.82, 2.24) is 10.6 Å². The van der Waals surface area contributed by atoms with Gasteiger partial charge in [0.05, 0.1) is 6.07 Å². The van der Waals surface area contributed by atoms with Crippen molar-refractivity contribution in [1.29, 1.82) is 5.26 Å². The lowest BCUT2D eigenvalue weighted by Crippen LogP contribution is -2.47. The van der Waals surface area contributed by atoms with Crippen LogP contribution in [0.1, 0.15) is 6.92 Å². The molecule has 0 saturated carbocycles. The largest absolute Gasteiger partial charge is 0.344 e. The molecule has 0 aromatic rings. The zero-order valence-corrected chi connectivity index (χ0v) is 8.98. The smallest absolute Gasteiger partial charge is 0.244 e. The molecule has 78 valence electrons. The number of hydrogen-bond donors (Lipinski definition) is 2. The standard InChI is InChI=1S/C8H13N3O2S/c1-6(12)11-7(5-14-2)8(13)10-4-3-9/h7H,4-5H2,1-2H3,(H,10,13)(H,11,12). The van der Waals surface area contributed by atoms with Gasteiger partial charge < -0.3 is 10.6 Å². The summed E-state index contributed by atoms with van der Waals surface area (Å²) in [6.07, 6.45) is 1.84. The maximum atomic E-state index is 11.3. The van der Waals surface area contributed by atoms with E-state index in [0.717, 1.165) is 0 Å². The van der Waals surface area contributed by atoms with Crippen LogP contribution in [-0.4, -0.2) is 36.4 Å². The van der Waals surface area contributed by atoms with E-state index in [0.29, 0.717) is 5.75 Å². The number of rotatable bonds is 5. The van der Waals surface area contributed by atoms with Gasteiger partial charge in [-0.15, -0.1) is 0 Å². The minimum Gasteiger partial charge on any atom is -0.344 e. The summed E-state index contributed by atoms with van der Waals surface area (Å²) in [5.74, 6) is -0.0797. The van der Waals surface area contributed by atoms with Crippen LogP contribution in [0.25, 0.3) is 0 Å². The molecule has 0 spiro atoms. The van der Waals surface area contributed by atoms with Crippen LogP contribution in [0, 0.1) is 11.3 Å². The van der Waals surface area contributed by atoms with Gasteiger partial charge in [0.2, 0.25) is 11.8 Å². The second-order valence-electron chi connectivity index (χ2n) is 2.58. The molecule has 0 heterocycles. The van der Waals surface area contributed by atoms with Crippen molar-refractivity contribution in [2.75, 3.05) is 18.6 Å². The summed E-state index contributed by atoms with van der Waals surface area (Å²) in [6, 6.07) is 1.24. The summed E-state index contributed by atoms with van der Waals surface area (Å²) in [5, 5.41) is 13.2. The van der Waals surface area contributed by atoms with Crippen molar-refractivity contribution in [3.05, 3.63) is 0 Å². The first-order chi connectivity index (χ1) is 6.61. The van der Waals surface area contributed by atoms with Crippen LogP contribution < -0.4 is 10.6 Å². The van der Waals surface area contributed by atoms with Crippen molar-refractivity contribution in [3.8, 4) is 6.07 Å². The van der Waals surface area contributed by atoms with E-state index in [2.05, 4.69) is 10.6 Å². The molecule has 1 atom stereocenters. The number of nitrogens with one attached hydrogen (secondary N) is 2. The average molecular weight is 215 g/mol. The van der Waals surface area contributed by atoms with Gasteiger partial charge in [-0.3, -0.25) is 9.59 Å². The first-order valence-electron chi connectivity index (χ1n) is 4.02. The van der Waals surface area contributed by atoms with Gasteiger partial charge in [-0.2, -0.15) is 17.0 Å². The van der Waals surface area contributed by atoms with Crippen LogP contribution >= 0.6 is 11.8 Å². The molecule has 0 fully saturated rings. The van der Waals surface area contributed by atoms with Crippen LogP contribution in [0.2, 0.25) is 0 Å². The average Bonchev–Trinajstić information content (AvgIpc) is 2.13. The van der Waals surface area contributed by atoms with Gasteiger partial charge in [-0.25, -0.2) is 0 Å². The Labute approximate surface area is 87.2 Å². The Hall–Kier alpha value is -1.22. The van der Waals surface area contributed by atoms with E-state index >= 15 is 0 Å². The van der Waals surface area contributed by atoms with E-state index < -0.39 is 6.04 Å². The molecule has 0 rings (SSSR count). The van der Waals surface area contributed by atoms with E-state index in [1.54, 1.807) is 6.07 Å². The van der Waals surface area contributed by atoms with Crippen molar-refractivity contribution in [2.24, 2.45) is 0 Å². The fraction of sp³-hybridized carbons (Fsp3) is 0.625. The number of nitrogens with zero attached hydrogens (tertiary/aromatic N) is 1.